The van der Waals surface area contributed by atoms with Crippen LogP contribution >= 0.6 is 7.82 Å². The Balaban J connectivity index is 2.56. The molecule has 2 amide bonds. The molecule has 0 aromatic heterocycles. The van der Waals surface area contributed by atoms with Crippen LogP contribution in [-0.2, 0) is 18.6 Å². The van der Waals surface area contributed by atoms with Gasteiger partial charge in [-0.2, -0.15) is 0 Å². The molecule has 0 aliphatic rings. The van der Waals surface area contributed by atoms with Crippen LogP contribution in [0.4, 0.5) is 21.9 Å². The monoisotopic (exact) mass is 563 g/mol. The third-order valence-corrected chi connectivity index (χ3v) is 6.51. The van der Waals surface area contributed by atoms with Crippen molar-refractivity contribution in [2.75, 3.05) is 35.7 Å². The molecule has 4 N–H and O–H groups in total. The number of hydrogen-bond acceptors (Lipinski definition) is 6. The molecule has 2 atom stereocenters. The first-order valence-corrected chi connectivity index (χ1v) is 14.6. The third-order valence-electron chi connectivity index (χ3n) is 6.01. The average Bonchev–Trinajstić information content (AvgIpc) is 2.83. The molecule has 0 unspecified atom stereocenters. The first kappa shape index (κ1) is 32.3. The van der Waals surface area contributed by atoms with E-state index in [9.17, 15) is 23.9 Å². The predicted molar refractivity (Wildman–Crippen MR) is 154 cm³/mol. The van der Waals surface area contributed by atoms with Gasteiger partial charge in [-0.05, 0) is 55.0 Å². The summed E-state index contributed by atoms with van der Waals surface area (Å²) < 4.78 is 21.3. The second kappa shape index (κ2) is 14.5. The molecule has 0 heterocycles. The minimum atomic E-state index is -5.00. The number of nitrogens with one attached hydrogen (secondary N) is 2. The number of amides is 2. The van der Waals surface area contributed by atoms with Gasteiger partial charge in [0, 0.05) is 24.7 Å². The van der Waals surface area contributed by atoms with Crippen LogP contribution in [0.25, 0.3) is 0 Å². The molecule has 2 rings (SSSR count). The number of carbonyl (C=O) groups is 2. The van der Waals surface area contributed by atoms with Crippen molar-refractivity contribution in [2.24, 2.45) is 11.8 Å². The lowest BCUT2D eigenvalue weighted by molar-refractivity contribution is -0.151. The highest BCUT2D eigenvalue weighted by Gasteiger charge is 2.36. The molecular weight excluding hydrogens is 521 g/mol. The number of anilines is 3. The van der Waals surface area contributed by atoms with E-state index in [-0.39, 0.29) is 0 Å². The lowest BCUT2D eigenvalue weighted by Crippen LogP contribution is -2.33. The Morgan fingerprint density at radius 2 is 1.56 bits per heavy atom. The molecule has 0 saturated carbocycles. The van der Waals surface area contributed by atoms with Crippen LogP contribution in [0.3, 0.4) is 0 Å². The number of phosphoric acid groups is 1. The number of rotatable bonds is 13. The zero-order valence-electron chi connectivity index (χ0n) is 23.8. The van der Waals surface area contributed by atoms with E-state index in [0.29, 0.717) is 35.2 Å². The van der Waals surface area contributed by atoms with Crippen molar-refractivity contribution in [3.05, 3.63) is 53.6 Å². The molecule has 0 fully saturated rings. The molecule has 0 saturated heterocycles. The van der Waals surface area contributed by atoms with Gasteiger partial charge >= 0.3 is 19.8 Å². The minimum Gasteiger partial charge on any atom is -0.467 e. The summed E-state index contributed by atoms with van der Waals surface area (Å²) in [6.45, 7) is 13.7. The van der Waals surface area contributed by atoms with E-state index in [0.717, 1.165) is 31.5 Å². The summed E-state index contributed by atoms with van der Waals surface area (Å²) in [6.07, 6.45) is -1.22. The van der Waals surface area contributed by atoms with E-state index in [4.69, 9.17) is 9.26 Å². The summed E-state index contributed by atoms with van der Waals surface area (Å²) in [5.74, 6) is -0.951. The number of esters is 1. The number of phosphoric ester groups is 1. The van der Waals surface area contributed by atoms with Crippen LogP contribution in [0.5, 0.6) is 0 Å². The molecule has 0 bridgehead atoms. The molecule has 0 aliphatic heterocycles. The van der Waals surface area contributed by atoms with Gasteiger partial charge in [0.15, 0.2) is 6.10 Å². The molecule has 2 aromatic carbocycles. The molecular formula is C28H42N3O7P. The van der Waals surface area contributed by atoms with Crippen molar-refractivity contribution >= 4 is 36.9 Å². The summed E-state index contributed by atoms with van der Waals surface area (Å²) in [5, 5.41) is 5.79. The summed E-state index contributed by atoms with van der Waals surface area (Å²) in [4.78, 5) is 46.7. The standard InChI is InChI=1S/C28H42N3O7P/c1-8-23(26(27(32)37-7)38-39(34,35)36)21-11-14-25(31(16-18(2)3)17-19(4)5)24(15-21)30-28(33)29-22-12-9-20(6)10-13-22/h9-15,18-19,23,26H,8,16-17H2,1-7H3,(H2,29,30,33)(H2,34,35,36)/t23-,26-/m0/s1. The highest BCUT2D eigenvalue weighted by Crippen LogP contribution is 2.43. The number of nitrogens with zero attached hydrogens (tertiary/aromatic N) is 1. The fourth-order valence-corrected chi connectivity index (χ4v) is 4.93. The van der Waals surface area contributed by atoms with Gasteiger partial charge in [0.05, 0.1) is 18.5 Å². The van der Waals surface area contributed by atoms with E-state index >= 15 is 0 Å². The molecule has 216 valence electrons. The highest BCUT2D eigenvalue weighted by atomic mass is 31.2. The second-order valence-electron chi connectivity index (χ2n) is 10.5. The fourth-order valence-electron chi connectivity index (χ4n) is 4.40. The first-order chi connectivity index (χ1) is 18.2. The van der Waals surface area contributed by atoms with E-state index in [1.165, 1.54) is 0 Å². The van der Waals surface area contributed by atoms with E-state index in [2.05, 4.69) is 43.2 Å². The Kier molecular flexibility index (Phi) is 12.0. The maximum Gasteiger partial charge on any atom is 0.470 e. The summed E-state index contributed by atoms with van der Waals surface area (Å²) in [5.41, 5.74) is 3.54. The van der Waals surface area contributed by atoms with Crippen molar-refractivity contribution in [3.8, 4) is 0 Å². The van der Waals surface area contributed by atoms with Gasteiger partial charge < -0.3 is 30.1 Å². The summed E-state index contributed by atoms with van der Waals surface area (Å²) >= 11 is 0. The Morgan fingerprint density at radius 3 is 2.05 bits per heavy atom. The van der Waals surface area contributed by atoms with Crippen LogP contribution in [0.15, 0.2) is 42.5 Å². The van der Waals surface area contributed by atoms with Crippen LogP contribution in [0.2, 0.25) is 0 Å². The zero-order chi connectivity index (χ0) is 29.3. The quantitative estimate of drug-likeness (QED) is 0.175. The van der Waals surface area contributed by atoms with Crippen LogP contribution < -0.4 is 15.5 Å². The molecule has 0 radical (unpaired) electrons. The molecule has 11 heteroatoms. The van der Waals surface area contributed by atoms with Crippen molar-refractivity contribution in [1.29, 1.82) is 0 Å². The highest BCUT2D eigenvalue weighted by molar-refractivity contribution is 7.46. The van der Waals surface area contributed by atoms with Crippen LogP contribution in [0.1, 0.15) is 58.1 Å². The zero-order valence-corrected chi connectivity index (χ0v) is 24.7. The number of urea groups is 1. The van der Waals surface area contributed by atoms with Gasteiger partial charge in [-0.1, -0.05) is 58.4 Å². The molecule has 0 spiro atoms. The number of hydrogen-bond donors (Lipinski definition) is 4. The van der Waals surface area contributed by atoms with Gasteiger partial charge in [-0.3, -0.25) is 4.52 Å². The SMILES string of the molecule is CC[C@@H](c1ccc(N(CC(C)C)CC(C)C)c(NC(=O)Nc2ccc(C)cc2)c1)[C@H](OP(=O)(O)O)C(=O)OC. The number of aryl methyl sites for hydroxylation is 1. The Bertz CT molecular complexity index is 1140. The lowest BCUT2D eigenvalue weighted by Gasteiger charge is -2.32. The van der Waals surface area contributed by atoms with Crippen LogP contribution in [-0.4, -0.2) is 48.1 Å². The van der Waals surface area contributed by atoms with Gasteiger partial charge in [-0.25, -0.2) is 14.2 Å². The normalized spacial score (nSPS) is 13.2. The van der Waals surface area contributed by atoms with Crippen molar-refractivity contribution in [2.45, 2.75) is 60.0 Å². The largest absolute Gasteiger partial charge is 0.470 e. The smallest absolute Gasteiger partial charge is 0.467 e. The summed E-state index contributed by atoms with van der Waals surface area (Å²) in [6, 6.07) is 12.3. The Labute approximate surface area is 231 Å². The van der Waals surface area contributed by atoms with E-state index in [1.807, 2.05) is 37.3 Å². The fraction of sp³-hybridized carbons (Fsp3) is 0.500. The van der Waals surface area contributed by atoms with Gasteiger partial charge in [0.25, 0.3) is 0 Å². The molecule has 2 aromatic rings. The molecule has 10 nitrogen and oxygen atoms in total. The number of benzene rings is 2. The maximum absolute atomic E-state index is 13.1. The van der Waals surface area contributed by atoms with E-state index in [1.54, 1.807) is 19.1 Å². The lowest BCUT2D eigenvalue weighted by atomic mass is 9.90. The topological polar surface area (TPSA) is 137 Å². The van der Waals surface area contributed by atoms with Crippen molar-refractivity contribution in [3.63, 3.8) is 0 Å². The molecule has 39 heavy (non-hydrogen) atoms. The molecule has 0 aliphatic carbocycles. The van der Waals surface area contributed by atoms with Crippen LogP contribution in [0, 0.1) is 18.8 Å². The number of carbonyl (C=O) groups excluding carboxylic acids is 2. The maximum atomic E-state index is 13.1. The Morgan fingerprint density at radius 1 is 0.974 bits per heavy atom. The average molecular weight is 564 g/mol. The number of methoxy groups -OCH3 is 1. The van der Waals surface area contributed by atoms with E-state index < -0.39 is 31.8 Å². The number of ether oxygens (including phenoxy) is 1. The van der Waals surface area contributed by atoms with Gasteiger partial charge in [-0.15, -0.1) is 0 Å². The van der Waals surface area contributed by atoms with Gasteiger partial charge in [0.2, 0.25) is 0 Å². The summed E-state index contributed by atoms with van der Waals surface area (Å²) in [7, 11) is -3.87. The first-order valence-electron chi connectivity index (χ1n) is 13.1. The third kappa shape index (κ3) is 10.3. The van der Waals surface area contributed by atoms with Gasteiger partial charge in [0.1, 0.15) is 0 Å². The Hall–Kier alpha value is -2.91. The minimum absolute atomic E-state index is 0.315. The predicted octanol–water partition coefficient (Wildman–Crippen LogP) is 5.90. The second-order valence-corrected chi connectivity index (χ2v) is 11.7. The van der Waals surface area contributed by atoms with Crippen molar-refractivity contribution in [1.82, 2.24) is 0 Å². The van der Waals surface area contributed by atoms with Crippen molar-refractivity contribution < 1.29 is 33.2 Å².